The van der Waals surface area contributed by atoms with Crippen molar-refractivity contribution in [3.8, 4) is 0 Å². The van der Waals surface area contributed by atoms with Crippen LogP contribution in [0.1, 0.15) is 21.2 Å². The maximum atomic E-state index is 8.56. The van der Waals surface area contributed by atoms with Gasteiger partial charge < -0.3 is 16.7 Å². The van der Waals surface area contributed by atoms with Crippen LogP contribution in [0.2, 0.25) is 0 Å². The van der Waals surface area contributed by atoms with Gasteiger partial charge in [0.1, 0.15) is 0 Å². The summed E-state index contributed by atoms with van der Waals surface area (Å²) in [4.78, 5) is 8.56. The third kappa shape index (κ3) is 86.5. The summed E-state index contributed by atoms with van der Waals surface area (Å²) in [6.07, 6.45) is 0.205. The molecule has 0 unspecified atom stereocenters. The third-order valence-corrected chi connectivity index (χ3v) is 0.512. The van der Waals surface area contributed by atoms with Crippen molar-refractivity contribution in [1.29, 1.82) is 0 Å². The number of carboxylic acid groups (broad SMARTS) is 2. The van der Waals surface area contributed by atoms with Gasteiger partial charge in [-0.25, -0.2) is 4.79 Å². The van der Waals surface area contributed by atoms with E-state index in [2.05, 4.69) is 6.92 Å². The van der Waals surface area contributed by atoms with E-state index in [1.165, 1.54) is 0 Å². The van der Waals surface area contributed by atoms with Crippen LogP contribution in [0.3, 0.4) is 0 Å². The molecule has 0 aliphatic rings. The Hall–Kier alpha value is 0.230. The van der Waals surface area contributed by atoms with Crippen LogP contribution in [-0.2, 0) is 0 Å². The Kier molecular flexibility index (Phi) is 26.9. The summed E-state index contributed by atoms with van der Waals surface area (Å²) < 4.78 is 0. The first-order valence-electron chi connectivity index (χ1n) is 2.67. The maximum absolute atomic E-state index is 8.56. The number of aliphatic hydroxyl groups is 1. The van der Waals surface area contributed by atoms with Crippen LogP contribution < -0.4 is 29.6 Å². The summed E-state index contributed by atoms with van der Waals surface area (Å²) in [6.45, 7) is 2.40. The molecule has 3 N–H and O–H groups in total. The zero-order chi connectivity index (χ0) is 7.70. The van der Waals surface area contributed by atoms with Gasteiger partial charge in [0.05, 0.1) is 0 Å². The molecule has 0 radical (unpaired) electrons. The molecule has 4 nitrogen and oxygen atoms in total. The van der Waals surface area contributed by atoms with Crippen LogP contribution in [-0.4, -0.2) is 28.1 Å². The molecule has 0 bridgehead atoms. The van der Waals surface area contributed by atoms with Crippen molar-refractivity contribution in [2.45, 2.75) is 19.8 Å². The smallest absolute Gasteiger partial charge is 1.00 e. The van der Waals surface area contributed by atoms with Gasteiger partial charge in [0.2, 0.25) is 0 Å². The minimum Gasteiger partial charge on any atom is -1.00 e. The molecular formula is C5H13NaO4. The Morgan fingerprint density at radius 2 is 1.80 bits per heavy atom. The average molecular weight is 160 g/mol. The summed E-state index contributed by atoms with van der Waals surface area (Å²) in [5.41, 5.74) is 0. The van der Waals surface area contributed by atoms with Crippen molar-refractivity contribution >= 4 is 6.16 Å². The molecule has 0 rings (SSSR count). The molecule has 0 amide bonds. The molecule has 0 fully saturated rings. The molecule has 0 heterocycles. The molecule has 58 valence electrons. The van der Waals surface area contributed by atoms with Crippen LogP contribution in [0.15, 0.2) is 0 Å². The van der Waals surface area contributed by atoms with Crippen molar-refractivity contribution in [2.75, 3.05) is 6.61 Å². The van der Waals surface area contributed by atoms with Gasteiger partial charge in [0.15, 0.2) is 0 Å². The Balaban J connectivity index is -0.0000000383. The minimum absolute atomic E-state index is 0. The molecule has 5 heteroatoms. The molecule has 0 spiro atoms. The van der Waals surface area contributed by atoms with E-state index in [1.54, 1.807) is 0 Å². The summed E-state index contributed by atoms with van der Waals surface area (Å²) in [7, 11) is 0. The number of carbonyl (C=O) groups is 1. The van der Waals surface area contributed by atoms with Gasteiger partial charge in [0, 0.05) is 6.61 Å². The summed E-state index contributed by atoms with van der Waals surface area (Å²) in [6, 6.07) is 0. The maximum Gasteiger partial charge on any atom is 1.00 e. The van der Waals surface area contributed by atoms with Gasteiger partial charge in [0.25, 0.3) is 0 Å². The Bertz CT molecular complexity index is 65.5. The number of hydrogen-bond donors (Lipinski definition) is 3. The zero-order valence-electron chi connectivity index (χ0n) is 7.37. The van der Waals surface area contributed by atoms with E-state index in [4.69, 9.17) is 20.1 Å². The standard InChI is InChI=1S/C4H10O.CH2O3.Na.H/c1-2-3-4-5;2-1(3)4;;/h5H,2-4H2,1H3;(H2,2,3,4);;/q;;+1;-1. The van der Waals surface area contributed by atoms with Gasteiger partial charge in [-0.15, -0.1) is 0 Å². The van der Waals surface area contributed by atoms with Gasteiger partial charge in [-0.3, -0.25) is 0 Å². The molecule has 0 aromatic carbocycles. The first kappa shape index (κ1) is 16.7. The van der Waals surface area contributed by atoms with Crippen molar-refractivity contribution in [2.24, 2.45) is 0 Å². The van der Waals surface area contributed by atoms with E-state index in [9.17, 15) is 0 Å². The normalized spacial score (nSPS) is 6.60. The van der Waals surface area contributed by atoms with Crippen molar-refractivity contribution in [3.05, 3.63) is 0 Å². The van der Waals surface area contributed by atoms with Gasteiger partial charge >= 0.3 is 35.7 Å². The summed E-state index contributed by atoms with van der Waals surface area (Å²) in [5, 5.41) is 22.0. The fourth-order valence-corrected chi connectivity index (χ4v) is 0.158. The second-order valence-corrected chi connectivity index (χ2v) is 1.36. The fourth-order valence-electron chi connectivity index (χ4n) is 0.158. The van der Waals surface area contributed by atoms with Crippen LogP contribution in [0.5, 0.6) is 0 Å². The van der Waals surface area contributed by atoms with E-state index >= 15 is 0 Å². The predicted octanol–water partition coefficient (Wildman–Crippen LogP) is -1.88. The largest absolute Gasteiger partial charge is 1.00 e. The molecule has 0 aromatic heterocycles. The third-order valence-electron chi connectivity index (χ3n) is 0.512. The number of rotatable bonds is 2. The molecule has 0 aromatic rings. The van der Waals surface area contributed by atoms with Crippen LogP contribution in [0, 0.1) is 0 Å². The molecule has 0 atom stereocenters. The number of unbranched alkanes of at least 4 members (excludes halogenated alkanes) is 1. The van der Waals surface area contributed by atoms with E-state index in [-0.39, 0.29) is 31.0 Å². The Morgan fingerprint density at radius 1 is 1.50 bits per heavy atom. The summed E-state index contributed by atoms with van der Waals surface area (Å²) >= 11 is 0. The number of hydrogen-bond acceptors (Lipinski definition) is 2. The van der Waals surface area contributed by atoms with Crippen LogP contribution in [0.25, 0.3) is 0 Å². The predicted molar refractivity (Wildman–Crippen MR) is 33.8 cm³/mol. The Labute approximate surface area is 83.6 Å². The van der Waals surface area contributed by atoms with Crippen LogP contribution >= 0.6 is 0 Å². The second-order valence-electron chi connectivity index (χ2n) is 1.36. The van der Waals surface area contributed by atoms with Gasteiger partial charge in [-0.2, -0.15) is 0 Å². The molecule has 10 heavy (non-hydrogen) atoms. The first-order valence-corrected chi connectivity index (χ1v) is 2.67. The van der Waals surface area contributed by atoms with E-state index in [0.717, 1.165) is 12.8 Å². The van der Waals surface area contributed by atoms with E-state index in [1.807, 2.05) is 0 Å². The van der Waals surface area contributed by atoms with Gasteiger partial charge in [-0.1, -0.05) is 13.3 Å². The first-order chi connectivity index (χ1) is 4.15. The van der Waals surface area contributed by atoms with Crippen molar-refractivity contribution < 1.29 is 51.1 Å². The van der Waals surface area contributed by atoms with E-state index < -0.39 is 6.16 Å². The van der Waals surface area contributed by atoms with Crippen molar-refractivity contribution in [1.82, 2.24) is 0 Å². The number of aliphatic hydroxyl groups excluding tert-OH is 1. The molecular weight excluding hydrogens is 147 g/mol. The van der Waals surface area contributed by atoms with Gasteiger partial charge in [-0.05, 0) is 6.42 Å². The molecule has 0 aliphatic carbocycles. The average Bonchev–Trinajstić information content (AvgIpc) is 1.66. The molecule has 0 saturated carbocycles. The van der Waals surface area contributed by atoms with Crippen molar-refractivity contribution in [3.63, 3.8) is 0 Å². The molecule has 0 aliphatic heterocycles. The quantitative estimate of drug-likeness (QED) is 0.413. The summed E-state index contributed by atoms with van der Waals surface area (Å²) in [5.74, 6) is 0. The van der Waals surface area contributed by atoms with Crippen LogP contribution in [0.4, 0.5) is 4.79 Å². The minimum atomic E-state index is -1.83. The SMILES string of the molecule is CCCCO.O=C(O)O.[H-].[Na+]. The molecule has 0 saturated heterocycles. The second kappa shape index (κ2) is 16.1. The van der Waals surface area contributed by atoms with E-state index in [0.29, 0.717) is 6.61 Å². The Morgan fingerprint density at radius 3 is 1.80 bits per heavy atom. The fraction of sp³-hybridized carbons (Fsp3) is 0.800. The topological polar surface area (TPSA) is 77.8 Å². The monoisotopic (exact) mass is 160 g/mol. The zero-order valence-corrected chi connectivity index (χ0v) is 8.37.